The van der Waals surface area contributed by atoms with Crippen LogP contribution in [0, 0.1) is 0 Å². The first-order valence-corrected chi connectivity index (χ1v) is 11.7. The summed E-state index contributed by atoms with van der Waals surface area (Å²) in [6, 6.07) is 13.8. The third-order valence-electron chi connectivity index (χ3n) is 4.75. The zero-order chi connectivity index (χ0) is 26.4. The molecule has 0 unspecified atom stereocenters. The van der Waals surface area contributed by atoms with Crippen molar-refractivity contribution in [3.05, 3.63) is 86.6 Å². The Hall–Kier alpha value is -4.42. The van der Waals surface area contributed by atoms with Crippen molar-refractivity contribution < 1.29 is 23.8 Å². The number of carbonyl (C=O) groups is 2. The average molecular weight is 540 g/mol. The number of thioether (sulfide) groups is 1. The number of esters is 1. The SMILES string of the molecule is COC(=O)/C=C1/S/C(=N\N=Cc2ccc(Oc3cnn(-c4ccccc4)c(=O)c3Cl)c(OC)c2)NC1=O. The molecule has 11 nitrogen and oxygen atoms in total. The van der Waals surface area contributed by atoms with E-state index in [0.29, 0.717) is 22.7 Å². The van der Waals surface area contributed by atoms with E-state index in [1.807, 2.05) is 6.07 Å². The number of hydrogen-bond acceptors (Lipinski definition) is 10. The maximum atomic E-state index is 12.7. The first-order valence-electron chi connectivity index (χ1n) is 10.5. The summed E-state index contributed by atoms with van der Waals surface area (Å²) in [6.07, 6.45) is 3.85. The molecule has 1 aliphatic heterocycles. The van der Waals surface area contributed by atoms with Gasteiger partial charge in [0.2, 0.25) is 0 Å². The van der Waals surface area contributed by atoms with Gasteiger partial charge in [-0.15, -0.1) is 5.10 Å². The molecule has 0 aliphatic carbocycles. The molecular weight excluding hydrogens is 522 g/mol. The lowest BCUT2D eigenvalue weighted by Crippen LogP contribution is -2.21. The van der Waals surface area contributed by atoms with Gasteiger partial charge < -0.3 is 14.2 Å². The maximum Gasteiger partial charge on any atom is 0.331 e. The van der Waals surface area contributed by atoms with Crippen LogP contribution in [0.4, 0.5) is 0 Å². The number of para-hydroxylation sites is 1. The molecule has 13 heteroatoms. The highest BCUT2D eigenvalue weighted by molar-refractivity contribution is 8.18. The average Bonchev–Trinajstić information content (AvgIpc) is 3.26. The Balaban J connectivity index is 1.50. The number of rotatable bonds is 7. The molecular formula is C24H18ClN5O6S. The van der Waals surface area contributed by atoms with Crippen molar-refractivity contribution in [1.29, 1.82) is 0 Å². The minimum Gasteiger partial charge on any atom is -0.493 e. The highest BCUT2D eigenvalue weighted by Crippen LogP contribution is 2.34. The van der Waals surface area contributed by atoms with E-state index in [4.69, 9.17) is 21.1 Å². The van der Waals surface area contributed by atoms with Gasteiger partial charge in [0.15, 0.2) is 27.4 Å². The molecule has 0 saturated carbocycles. The van der Waals surface area contributed by atoms with Gasteiger partial charge in [-0.25, -0.2) is 4.79 Å². The molecule has 1 saturated heterocycles. The van der Waals surface area contributed by atoms with E-state index in [2.05, 4.69) is 25.4 Å². The zero-order valence-corrected chi connectivity index (χ0v) is 20.9. The summed E-state index contributed by atoms with van der Waals surface area (Å²) in [5.74, 6) is -0.424. The summed E-state index contributed by atoms with van der Waals surface area (Å²) in [5, 5.41) is 14.6. The van der Waals surface area contributed by atoms with Crippen LogP contribution in [0.3, 0.4) is 0 Å². The molecule has 1 N–H and O–H groups in total. The van der Waals surface area contributed by atoms with Crippen molar-refractivity contribution in [2.45, 2.75) is 0 Å². The first kappa shape index (κ1) is 25.7. The van der Waals surface area contributed by atoms with Crippen LogP contribution >= 0.6 is 23.4 Å². The number of aromatic nitrogens is 2. The number of benzene rings is 2. The van der Waals surface area contributed by atoms with E-state index in [1.54, 1.807) is 42.5 Å². The van der Waals surface area contributed by atoms with Gasteiger partial charge >= 0.3 is 5.97 Å². The second-order valence-corrected chi connectivity index (χ2v) is 8.53. The van der Waals surface area contributed by atoms with Crippen LogP contribution in [0.15, 0.2) is 80.7 Å². The van der Waals surface area contributed by atoms with Crippen molar-refractivity contribution in [3.63, 3.8) is 0 Å². The fraction of sp³-hybridized carbons (Fsp3) is 0.0833. The number of amidine groups is 1. The second kappa shape index (κ2) is 11.5. The van der Waals surface area contributed by atoms with Crippen LogP contribution in [0.25, 0.3) is 5.69 Å². The van der Waals surface area contributed by atoms with Crippen molar-refractivity contribution in [1.82, 2.24) is 15.1 Å². The van der Waals surface area contributed by atoms with E-state index < -0.39 is 17.4 Å². The molecule has 4 rings (SSSR count). The largest absolute Gasteiger partial charge is 0.493 e. The Morgan fingerprint density at radius 2 is 1.89 bits per heavy atom. The number of nitrogens with zero attached hydrogens (tertiary/aromatic N) is 4. The van der Waals surface area contributed by atoms with Gasteiger partial charge in [0, 0.05) is 6.08 Å². The van der Waals surface area contributed by atoms with Gasteiger partial charge in [0.25, 0.3) is 11.5 Å². The fourth-order valence-corrected chi connectivity index (χ4v) is 3.90. The third-order valence-corrected chi connectivity index (χ3v) is 6.00. The lowest BCUT2D eigenvalue weighted by Gasteiger charge is -2.12. The van der Waals surface area contributed by atoms with Gasteiger partial charge in [-0.3, -0.25) is 14.9 Å². The topological polar surface area (TPSA) is 133 Å². The number of hydrogen-bond donors (Lipinski definition) is 1. The zero-order valence-electron chi connectivity index (χ0n) is 19.4. The smallest absolute Gasteiger partial charge is 0.331 e. The Morgan fingerprint density at radius 3 is 2.62 bits per heavy atom. The molecule has 2 heterocycles. The standard InChI is InChI=1S/C24H18ClN5O6S/c1-34-17-10-14(12-26-29-24-28-22(32)19(37-24)11-20(31)35-2)8-9-16(17)36-18-13-27-30(23(33)21(18)25)15-6-4-3-5-7-15/h3-13H,1-2H3,(H,28,29,32)/b19-11+,26-12?. The Bertz CT molecular complexity index is 1500. The minimum atomic E-state index is -0.647. The lowest BCUT2D eigenvalue weighted by atomic mass is 10.2. The van der Waals surface area contributed by atoms with Gasteiger partial charge in [0.1, 0.15) is 0 Å². The summed E-state index contributed by atoms with van der Waals surface area (Å²) < 4.78 is 16.9. The number of methoxy groups -OCH3 is 2. The van der Waals surface area contributed by atoms with Crippen LogP contribution in [0.5, 0.6) is 17.2 Å². The van der Waals surface area contributed by atoms with Gasteiger partial charge in [-0.1, -0.05) is 29.8 Å². The van der Waals surface area contributed by atoms with Crippen LogP contribution in [-0.2, 0) is 14.3 Å². The molecule has 0 radical (unpaired) electrons. The number of carbonyl (C=O) groups excluding carboxylic acids is 2. The maximum absolute atomic E-state index is 12.7. The summed E-state index contributed by atoms with van der Waals surface area (Å²) in [7, 11) is 2.67. The van der Waals surface area contributed by atoms with Crippen LogP contribution in [0.2, 0.25) is 5.02 Å². The van der Waals surface area contributed by atoms with Crippen molar-refractivity contribution in [2.24, 2.45) is 10.2 Å². The molecule has 1 aliphatic rings. The number of halogens is 1. The number of nitrogens with one attached hydrogen (secondary N) is 1. The fourth-order valence-electron chi connectivity index (χ4n) is 3.00. The normalized spacial score (nSPS) is 15.3. The van der Waals surface area contributed by atoms with E-state index >= 15 is 0 Å². The minimum absolute atomic E-state index is 0.0646. The molecule has 1 fully saturated rings. The van der Waals surface area contributed by atoms with Gasteiger partial charge in [-0.2, -0.15) is 14.9 Å². The summed E-state index contributed by atoms with van der Waals surface area (Å²) in [6.45, 7) is 0. The molecule has 0 atom stereocenters. The molecule has 1 amide bonds. The summed E-state index contributed by atoms with van der Waals surface area (Å²) >= 11 is 7.23. The van der Waals surface area contributed by atoms with Crippen LogP contribution in [-0.4, -0.2) is 47.3 Å². The molecule has 3 aromatic rings. The Morgan fingerprint density at radius 1 is 1.11 bits per heavy atom. The highest BCUT2D eigenvalue weighted by atomic mass is 35.5. The Labute approximate surface area is 219 Å². The number of ether oxygens (including phenoxy) is 3. The highest BCUT2D eigenvalue weighted by Gasteiger charge is 2.25. The molecule has 0 spiro atoms. The van der Waals surface area contributed by atoms with E-state index in [9.17, 15) is 14.4 Å². The molecule has 2 aromatic carbocycles. The first-order chi connectivity index (χ1) is 17.9. The van der Waals surface area contributed by atoms with E-state index in [1.165, 1.54) is 31.3 Å². The van der Waals surface area contributed by atoms with Gasteiger partial charge in [-0.05, 0) is 47.7 Å². The summed E-state index contributed by atoms with van der Waals surface area (Å²) in [4.78, 5) is 36.0. The third kappa shape index (κ3) is 6.05. The monoisotopic (exact) mass is 539 g/mol. The Kier molecular flexibility index (Phi) is 8.01. The second-order valence-electron chi connectivity index (χ2n) is 7.13. The van der Waals surface area contributed by atoms with Crippen LogP contribution < -0.4 is 20.3 Å². The molecule has 188 valence electrons. The summed E-state index contributed by atoms with van der Waals surface area (Å²) in [5.41, 5.74) is 0.641. The van der Waals surface area contributed by atoms with Crippen molar-refractivity contribution in [2.75, 3.05) is 14.2 Å². The van der Waals surface area contributed by atoms with E-state index in [0.717, 1.165) is 17.8 Å². The predicted molar refractivity (Wildman–Crippen MR) is 139 cm³/mol. The van der Waals surface area contributed by atoms with Gasteiger partial charge in [0.05, 0.1) is 37.2 Å². The quantitative estimate of drug-likeness (QED) is 0.209. The van der Waals surface area contributed by atoms with Crippen LogP contribution in [0.1, 0.15) is 5.56 Å². The predicted octanol–water partition coefficient (Wildman–Crippen LogP) is 3.30. The van der Waals surface area contributed by atoms with Crippen molar-refractivity contribution >= 4 is 46.6 Å². The van der Waals surface area contributed by atoms with E-state index in [-0.39, 0.29) is 20.8 Å². The van der Waals surface area contributed by atoms with Crippen molar-refractivity contribution in [3.8, 4) is 22.9 Å². The molecule has 37 heavy (non-hydrogen) atoms. The molecule has 0 bridgehead atoms. The lowest BCUT2D eigenvalue weighted by molar-refractivity contribution is -0.135. The number of amides is 1. The molecule has 1 aromatic heterocycles.